The molecule has 3 heteroatoms. The minimum absolute atomic E-state index is 0.0899. The highest BCUT2D eigenvalue weighted by atomic mass is 19.1. The van der Waals surface area contributed by atoms with E-state index in [0.717, 1.165) is 12.8 Å². The van der Waals surface area contributed by atoms with Crippen LogP contribution in [0.5, 0.6) is 0 Å². The van der Waals surface area contributed by atoms with Crippen molar-refractivity contribution in [1.29, 1.82) is 0 Å². The van der Waals surface area contributed by atoms with Gasteiger partial charge in [0, 0.05) is 5.54 Å². The fraction of sp³-hybridized carbons (Fsp3) is 1.00. The molecule has 0 heterocycles. The van der Waals surface area contributed by atoms with Crippen molar-refractivity contribution in [2.75, 3.05) is 6.61 Å². The van der Waals surface area contributed by atoms with E-state index < -0.39 is 11.7 Å². The Labute approximate surface area is 60.2 Å². The lowest BCUT2D eigenvalue weighted by molar-refractivity contribution is 0.108. The van der Waals surface area contributed by atoms with Crippen molar-refractivity contribution in [3.63, 3.8) is 0 Å². The number of aliphatic hydroxyl groups excluding tert-OH is 1. The highest BCUT2D eigenvalue weighted by Gasteiger charge is 2.31. The zero-order valence-corrected chi connectivity index (χ0v) is 6.02. The van der Waals surface area contributed by atoms with Crippen LogP contribution in [0.15, 0.2) is 0 Å². The van der Waals surface area contributed by atoms with Crippen molar-refractivity contribution in [2.45, 2.75) is 37.4 Å². The Morgan fingerprint density at radius 2 is 2.40 bits per heavy atom. The van der Waals surface area contributed by atoms with Gasteiger partial charge in [-0.25, -0.2) is 4.39 Å². The summed E-state index contributed by atoms with van der Waals surface area (Å²) >= 11 is 0. The first-order valence-corrected chi connectivity index (χ1v) is 3.70. The van der Waals surface area contributed by atoms with E-state index in [9.17, 15) is 4.39 Å². The van der Waals surface area contributed by atoms with Gasteiger partial charge in [-0.05, 0) is 25.7 Å². The average molecular weight is 147 g/mol. The summed E-state index contributed by atoms with van der Waals surface area (Å²) in [6.07, 6.45) is 1.69. The van der Waals surface area contributed by atoms with Crippen LogP contribution in [0.2, 0.25) is 0 Å². The maximum atomic E-state index is 12.7. The monoisotopic (exact) mass is 147 g/mol. The summed E-state index contributed by atoms with van der Waals surface area (Å²) in [6.45, 7) is -0.0899. The molecule has 60 valence electrons. The summed E-state index contributed by atoms with van der Waals surface area (Å²) < 4.78 is 12.7. The van der Waals surface area contributed by atoms with Gasteiger partial charge in [-0.3, -0.25) is 0 Å². The lowest BCUT2D eigenvalue weighted by Crippen LogP contribution is -2.48. The van der Waals surface area contributed by atoms with Gasteiger partial charge in [-0.1, -0.05) is 0 Å². The Balaban J connectivity index is 2.45. The first-order chi connectivity index (χ1) is 4.66. The summed E-state index contributed by atoms with van der Waals surface area (Å²) in [5, 5.41) is 8.78. The van der Waals surface area contributed by atoms with Crippen LogP contribution in [0, 0.1) is 0 Å². The fourth-order valence-corrected chi connectivity index (χ4v) is 1.46. The van der Waals surface area contributed by atoms with E-state index in [2.05, 4.69) is 0 Å². The molecule has 1 saturated carbocycles. The Bertz CT molecular complexity index is 120. The minimum atomic E-state index is -0.800. The van der Waals surface area contributed by atoms with Crippen LogP contribution in [0.3, 0.4) is 0 Å². The molecule has 2 atom stereocenters. The highest BCUT2D eigenvalue weighted by Crippen LogP contribution is 2.27. The summed E-state index contributed by atoms with van der Waals surface area (Å²) in [6, 6.07) is 0. The molecule has 2 nitrogen and oxygen atoms in total. The van der Waals surface area contributed by atoms with Crippen molar-refractivity contribution >= 4 is 0 Å². The van der Waals surface area contributed by atoms with Crippen molar-refractivity contribution < 1.29 is 9.50 Å². The van der Waals surface area contributed by atoms with Gasteiger partial charge in [0.25, 0.3) is 0 Å². The third-order valence-electron chi connectivity index (χ3n) is 2.13. The van der Waals surface area contributed by atoms with Gasteiger partial charge in [0.2, 0.25) is 0 Å². The van der Waals surface area contributed by atoms with Crippen LogP contribution in [-0.4, -0.2) is 23.4 Å². The zero-order valence-electron chi connectivity index (χ0n) is 6.02. The van der Waals surface area contributed by atoms with Crippen molar-refractivity contribution in [3.8, 4) is 0 Å². The molecule has 1 rings (SSSR count). The SMILES string of the molecule is NC1(CO)CCCC(F)C1. The van der Waals surface area contributed by atoms with Crippen LogP contribution in [0.1, 0.15) is 25.7 Å². The molecule has 0 bridgehead atoms. The van der Waals surface area contributed by atoms with Crippen LogP contribution in [0.4, 0.5) is 4.39 Å². The second-order valence-corrected chi connectivity index (χ2v) is 3.21. The summed E-state index contributed by atoms with van der Waals surface area (Å²) in [5.41, 5.74) is 5.03. The third-order valence-corrected chi connectivity index (χ3v) is 2.13. The quantitative estimate of drug-likeness (QED) is 0.570. The highest BCUT2D eigenvalue weighted by molar-refractivity contribution is 4.90. The van der Waals surface area contributed by atoms with E-state index >= 15 is 0 Å². The molecular weight excluding hydrogens is 133 g/mol. The van der Waals surface area contributed by atoms with E-state index in [0.29, 0.717) is 12.8 Å². The second-order valence-electron chi connectivity index (χ2n) is 3.21. The van der Waals surface area contributed by atoms with Crippen LogP contribution < -0.4 is 5.73 Å². The van der Waals surface area contributed by atoms with Gasteiger partial charge in [0.1, 0.15) is 6.17 Å². The number of hydrogen-bond donors (Lipinski definition) is 2. The smallest absolute Gasteiger partial charge is 0.102 e. The topological polar surface area (TPSA) is 46.2 Å². The number of alkyl halides is 1. The second kappa shape index (κ2) is 2.84. The first-order valence-electron chi connectivity index (χ1n) is 3.70. The molecule has 0 radical (unpaired) electrons. The zero-order chi connectivity index (χ0) is 7.61. The number of aliphatic hydroxyl groups is 1. The van der Waals surface area contributed by atoms with Crippen molar-refractivity contribution in [3.05, 3.63) is 0 Å². The van der Waals surface area contributed by atoms with E-state index in [-0.39, 0.29) is 6.61 Å². The summed E-state index contributed by atoms with van der Waals surface area (Å²) in [4.78, 5) is 0. The fourth-order valence-electron chi connectivity index (χ4n) is 1.46. The number of nitrogens with two attached hydrogens (primary N) is 1. The number of hydrogen-bond acceptors (Lipinski definition) is 2. The standard InChI is InChI=1S/C7H14FNO/c8-6-2-1-3-7(9,4-6)5-10/h6,10H,1-5,9H2. The molecule has 0 aliphatic heterocycles. The van der Waals surface area contributed by atoms with Crippen LogP contribution >= 0.6 is 0 Å². The van der Waals surface area contributed by atoms with Gasteiger partial charge < -0.3 is 10.8 Å². The van der Waals surface area contributed by atoms with Gasteiger partial charge in [0.15, 0.2) is 0 Å². The Morgan fingerprint density at radius 1 is 1.70 bits per heavy atom. The van der Waals surface area contributed by atoms with Crippen molar-refractivity contribution in [2.24, 2.45) is 5.73 Å². The molecule has 0 aromatic heterocycles. The van der Waals surface area contributed by atoms with Gasteiger partial charge >= 0.3 is 0 Å². The van der Waals surface area contributed by atoms with E-state index in [1.54, 1.807) is 0 Å². The molecule has 0 amide bonds. The lowest BCUT2D eigenvalue weighted by atomic mass is 9.82. The maximum absolute atomic E-state index is 12.7. The molecule has 2 unspecified atom stereocenters. The van der Waals surface area contributed by atoms with E-state index in [4.69, 9.17) is 10.8 Å². The van der Waals surface area contributed by atoms with E-state index in [1.165, 1.54) is 0 Å². The largest absolute Gasteiger partial charge is 0.394 e. The molecule has 1 fully saturated rings. The maximum Gasteiger partial charge on any atom is 0.102 e. The first kappa shape index (κ1) is 7.95. The molecule has 0 aromatic carbocycles. The van der Waals surface area contributed by atoms with Gasteiger partial charge in [0.05, 0.1) is 6.61 Å². The molecule has 0 spiro atoms. The van der Waals surface area contributed by atoms with Crippen molar-refractivity contribution in [1.82, 2.24) is 0 Å². The molecule has 10 heavy (non-hydrogen) atoms. The van der Waals surface area contributed by atoms with Gasteiger partial charge in [-0.2, -0.15) is 0 Å². The average Bonchev–Trinajstić information content (AvgIpc) is 1.88. The predicted octanol–water partition coefficient (Wildman–Crippen LogP) is 0.588. The normalized spacial score (nSPS) is 41.7. The minimum Gasteiger partial charge on any atom is -0.394 e. The molecular formula is C7H14FNO. The molecule has 0 saturated heterocycles. The predicted molar refractivity (Wildman–Crippen MR) is 37.4 cm³/mol. The summed E-state index contributed by atoms with van der Waals surface area (Å²) in [7, 11) is 0. The summed E-state index contributed by atoms with van der Waals surface area (Å²) in [5.74, 6) is 0. The number of halogens is 1. The van der Waals surface area contributed by atoms with Crippen LogP contribution in [-0.2, 0) is 0 Å². The Kier molecular flexibility index (Phi) is 2.26. The van der Waals surface area contributed by atoms with E-state index in [1.807, 2.05) is 0 Å². The molecule has 3 N–H and O–H groups in total. The lowest BCUT2D eigenvalue weighted by Gasteiger charge is -2.33. The molecule has 0 aromatic rings. The Hall–Kier alpha value is -0.150. The third kappa shape index (κ3) is 1.67. The Morgan fingerprint density at radius 3 is 2.80 bits per heavy atom. The van der Waals surface area contributed by atoms with Gasteiger partial charge in [-0.15, -0.1) is 0 Å². The number of rotatable bonds is 1. The molecule has 1 aliphatic carbocycles. The van der Waals surface area contributed by atoms with Crippen LogP contribution in [0.25, 0.3) is 0 Å². The molecule has 1 aliphatic rings.